The van der Waals surface area contributed by atoms with Gasteiger partial charge < -0.3 is 0 Å². The standard InChI is InChI=1S/C11H9F5O/c12-9-3-1-2-7(10(9)13)6-8(17)4-5-11(14,15)16/h1-3H,4-6H2. The number of benzene rings is 1. The quantitative estimate of drug-likeness (QED) is 0.750. The van der Waals surface area contributed by atoms with Crippen LogP contribution in [0.25, 0.3) is 0 Å². The molecular formula is C11H9F5O. The first kappa shape index (κ1) is 13.6. The fourth-order valence-corrected chi connectivity index (χ4v) is 1.27. The zero-order valence-corrected chi connectivity index (χ0v) is 8.65. The van der Waals surface area contributed by atoms with E-state index < -0.39 is 42.9 Å². The molecule has 94 valence electrons. The predicted molar refractivity (Wildman–Crippen MR) is 50.4 cm³/mol. The molecule has 0 saturated carbocycles. The van der Waals surface area contributed by atoms with Crippen LogP contribution in [0, 0.1) is 11.6 Å². The highest BCUT2D eigenvalue weighted by molar-refractivity contribution is 5.80. The number of alkyl halides is 3. The molecule has 0 aliphatic heterocycles. The lowest BCUT2D eigenvalue weighted by Gasteiger charge is -2.06. The summed E-state index contributed by atoms with van der Waals surface area (Å²) < 4.78 is 61.3. The van der Waals surface area contributed by atoms with Crippen LogP contribution in [0.1, 0.15) is 18.4 Å². The second kappa shape index (κ2) is 5.25. The largest absolute Gasteiger partial charge is 0.389 e. The zero-order chi connectivity index (χ0) is 13.1. The number of hydrogen-bond donors (Lipinski definition) is 0. The molecule has 0 amide bonds. The molecule has 0 aliphatic carbocycles. The molecule has 0 atom stereocenters. The van der Waals surface area contributed by atoms with Gasteiger partial charge in [-0.15, -0.1) is 0 Å². The summed E-state index contributed by atoms with van der Waals surface area (Å²) in [6, 6.07) is 3.24. The van der Waals surface area contributed by atoms with E-state index in [2.05, 4.69) is 0 Å². The van der Waals surface area contributed by atoms with E-state index in [1.54, 1.807) is 0 Å². The molecule has 0 fully saturated rings. The van der Waals surface area contributed by atoms with E-state index in [4.69, 9.17) is 0 Å². The summed E-state index contributed by atoms with van der Waals surface area (Å²) in [4.78, 5) is 11.1. The second-order valence-corrected chi connectivity index (χ2v) is 3.54. The Labute approximate surface area is 94.2 Å². The lowest BCUT2D eigenvalue weighted by molar-refractivity contribution is -0.143. The summed E-state index contributed by atoms with van der Waals surface area (Å²) in [6.07, 6.45) is -6.92. The van der Waals surface area contributed by atoms with Gasteiger partial charge in [-0.25, -0.2) is 8.78 Å². The van der Waals surface area contributed by atoms with Crippen molar-refractivity contribution in [1.29, 1.82) is 0 Å². The van der Waals surface area contributed by atoms with Crippen molar-refractivity contribution in [3.8, 4) is 0 Å². The molecule has 1 aromatic carbocycles. The van der Waals surface area contributed by atoms with Crippen molar-refractivity contribution in [3.05, 3.63) is 35.4 Å². The number of ketones is 1. The minimum atomic E-state index is -4.42. The smallest absolute Gasteiger partial charge is 0.299 e. The van der Waals surface area contributed by atoms with Gasteiger partial charge in [-0.2, -0.15) is 13.2 Å². The van der Waals surface area contributed by atoms with E-state index in [0.717, 1.165) is 6.07 Å². The summed E-state index contributed by atoms with van der Waals surface area (Å²) in [7, 11) is 0. The van der Waals surface area contributed by atoms with Gasteiger partial charge in [0.25, 0.3) is 0 Å². The Kier molecular flexibility index (Phi) is 4.20. The Bertz CT molecular complexity index is 411. The van der Waals surface area contributed by atoms with E-state index in [1.165, 1.54) is 12.1 Å². The van der Waals surface area contributed by atoms with Crippen LogP contribution in [0.15, 0.2) is 18.2 Å². The van der Waals surface area contributed by atoms with Crippen LogP contribution in [0.5, 0.6) is 0 Å². The van der Waals surface area contributed by atoms with Gasteiger partial charge in [0.2, 0.25) is 0 Å². The van der Waals surface area contributed by atoms with Gasteiger partial charge in [-0.05, 0) is 11.6 Å². The Morgan fingerprint density at radius 2 is 1.82 bits per heavy atom. The minimum absolute atomic E-state index is 0.225. The third-order valence-electron chi connectivity index (χ3n) is 2.11. The maximum absolute atomic E-state index is 13.1. The highest BCUT2D eigenvalue weighted by atomic mass is 19.4. The van der Waals surface area contributed by atoms with Gasteiger partial charge in [0.05, 0.1) is 6.42 Å². The summed E-state index contributed by atoms with van der Waals surface area (Å²) in [5, 5.41) is 0. The van der Waals surface area contributed by atoms with Crippen LogP contribution in [-0.4, -0.2) is 12.0 Å². The monoisotopic (exact) mass is 252 g/mol. The molecule has 17 heavy (non-hydrogen) atoms. The Hall–Kier alpha value is -1.46. The van der Waals surface area contributed by atoms with Crippen molar-refractivity contribution in [3.63, 3.8) is 0 Å². The van der Waals surface area contributed by atoms with E-state index in [-0.39, 0.29) is 5.56 Å². The Morgan fingerprint density at radius 3 is 2.41 bits per heavy atom. The van der Waals surface area contributed by atoms with Crippen LogP contribution in [-0.2, 0) is 11.2 Å². The Balaban J connectivity index is 2.60. The normalized spacial score (nSPS) is 11.6. The van der Waals surface area contributed by atoms with Gasteiger partial charge >= 0.3 is 6.18 Å². The molecule has 6 heteroatoms. The van der Waals surface area contributed by atoms with Crippen molar-refractivity contribution >= 4 is 5.78 Å². The van der Waals surface area contributed by atoms with Crippen molar-refractivity contribution < 1.29 is 26.7 Å². The number of rotatable bonds is 4. The SMILES string of the molecule is O=C(CCC(F)(F)F)Cc1cccc(F)c1F. The first-order valence-electron chi connectivity index (χ1n) is 4.81. The van der Waals surface area contributed by atoms with Crippen LogP contribution in [0.4, 0.5) is 22.0 Å². The number of halogens is 5. The highest BCUT2D eigenvalue weighted by Crippen LogP contribution is 2.22. The number of carbonyl (C=O) groups excluding carboxylic acids is 1. The van der Waals surface area contributed by atoms with Gasteiger partial charge in [0.15, 0.2) is 11.6 Å². The number of hydrogen-bond acceptors (Lipinski definition) is 1. The molecular weight excluding hydrogens is 243 g/mol. The maximum Gasteiger partial charge on any atom is 0.389 e. The lowest BCUT2D eigenvalue weighted by Crippen LogP contribution is -2.12. The summed E-state index contributed by atoms with van der Waals surface area (Å²) in [5.74, 6) is -3.08. The van der Waals surface area contributed by atoms with Crippen LogP contribution < -0.4 is 0 Å². The molecule has 0 aromatic heterocycles. The fourth-order valence-electron chi connectivity index (χ4n) is 1.27. The van der Waals surface area contributed by atoms with Gasteiger partial charge in [-0.3, -0.25) is 4.79 Å². The molecule has 0 bridgehead atoms. The molecule has 0 heterocycles. The number of carbonyl (C=O) groups is 1. The Morgan fingerprint density at radius 1 is 1.18 bits per heavy atom. The lowest BCUT2D eigenvalue weighted by atomic mass is 10.0. The van der Waals surface area contributed by atoms with Crippen LogP contribution in [0.3, 0.4) is 0 Å². The molecule has 0 N–H and O–H groups in total. The third kappa shape index (κ3) is 4.50. The van der Waals surface area contributed by atoms with Crippen molar-refractivity contribution in [2.45, 2.75) is 25.4 Å². The molecule has 0 spiro atoms. The molecule has 0 radical (unpaired) electrons. The molecule has 0 aliphatic rings. The third-order valence-corrected chi connectivity index (χ3v) is 2.11. The molecule has 1 aromatic rings. The average Bonchev–Trinajstić information content (AvgIpc) is 2.21. The minimum Gasteiger partial charge on any atom is -0.299 e. The molecule has 1 rings (SSSR count). The first-order valence-corrected chi connectivity index (χ1v) is 4.81. The average molecular weight is 252 g/mol. The van der Waals surface area contributed by atoms with Crippen molar-refractivity contribution in [2.24, 2.45) is 0 Å². The maximum atomic E-state index is 13.1. The van der Waals surface area contributed by atoms with E-state index in [9.17, 15) is 26.7 Å². The first-order chi connectivity index (χ1) is 7.79. The van der Waals surface area contributed by atoms with E-state index in [0.29, 0.717) is 0 Å². The molecule has 1 nitrogen and oxygen atoms in total. The van der Waals surface area contributed by atoms with Crippen LogP contribution >= 0.6 is 0 Å². The van der Waals surface area contributed by atoms with Gasteiger partial charge in [-0.1, -0.05) is 12.1 Å². The van der Waals surface area contributed by atoms with E-state index >= 15 is 0 Å². The predicted octanol–water partition coefficient (Wildman–Crippen LogP) is 3.42. The van der Waals surface area contributed by atoms with E-state index in [1.807, 2.05) is 0 Å². The fraction of sp³-hybridized carbons (Fsp3) is 0.364. The summed E-state index contributed by atoms with van der Waals surface area (Å²) >= 11 is 0. The summed E-state index contributed by atoms with van der Waals surface area (Å²) in [6.45, 7) is 0. The van der Waals surface area contributed by atoms with Crippen molar-refractivity contribution in [2.75, 3.05) is 0 Å². The number of Topliss-reactive ketones (excluding diaryl/α,β-unsaturated/α-hetero) is 1. The van der Waals surface area contributed by atoms with Crippen molar-refractivity contribution in [1.82, 2.24) is 0 Å². The molecule has 0 unspecified atom stereocenters. The second-order valence-electron chi connectivity index (χ2n) is 3.54. The summed E-state index contributed by atoms with van der Waals surface area (Å²) in [5.41, 5.74) is -0.225. The zero-order valence-electron chi connectivity index (χ0n) is 8.65. The topological polar surface area (TPSA) is 17.1 Å². The molecule has 0 saturated heterocycles. The van der Waals surface area contributed by atoms with Gasteiger partial charge in [0, 0.05) is 12.8 Å². The van der Waals surface area contributed by atoms with Gasteiger partial charge in [0.1, 0.15) is 5.78 Å². The van der Waals surface area contributed by atoms with Crippen LogP contribution in [0.2, 0.25) is 0 Å². The highest BCUT2D eigenvalue weighted by Gasteiger charge is 2.28.